The Hall–Kier alpha value is -3.66. The van der Waals surface area contributed by atoms with Crippen LogP contribution < -0.4 is 10.2 Å². The standard InChI is InChI=1S/C29H30N2O2/c1-18-7-9-21(10-8-18)25-26(30-23-13-11-22(12-14-23)29(4,5)6)28(33)31(27(25)32)24-16-19(2)15-20(3)17-24/h7-17,30H,1-6H3. The average Bonchev–Trinajstić information content (AvgIpc) is 2.97. The largest absolute Gasteiger partial charge is 0.350 e. The second-order valence-electron chi connectivity index (χ2n) is 9.86. The van der Waals surface area contributed by atoms with E-state index in [1.807, 2.05) is 75.4 Å². The number of hydrogen-bond acceptors (Lipinski definition) is 3. The van der Waals surface area contributed by atoms with Gasteiger partial charge in [0.05, 0.1) is 11.3 Å². The van der Waals surface area contributed by atoms with E-state index in [1.165, 1.54) is 10.5 Å². The third kappa shape index (κ3) is 4.47. The average molecular weight is 439 g/mol. The maximum Gasteiger partial charge on any atom is 0.282 e. The smallest absolute Gasteiger partial charge is 0.282 e. The summed E-state index contributed by atoms with van der Waals surface area (Å²) in [6.45, 7) is 12.4. The van der Waals surface area contributed by atoms with Crippen LogP contribution in [-0.2, 0) is 15.0 Å². The van der Waals surface area contributed by atoms with Gasteiger partial charge in [-0.1, -0.05) is 68.8 Å². The summed E-state index contributed by atoms with van der Waals surface area (Å²) in [5.41, 5.74) is 7.09. The van der Waals surface area contributed by atoms with Crippen LogP contribution in [0.15, 0.2) is 72.4 Å². The van der Waals surface area contributed by atoms with Gasteiger partial charge in [-0.25, -0.2) is 4.90 Å². The van der Waals surface area contributed by atoms with Crippen LogP contribution in [0.5, 0.6) is 0 Å². The summed E-state index contributed by atoms with van der Waals surface area (Å²) in [5.74, 6) is -0.664. The first-order valence-corrected chi connectivity index (χ1v) is 11.2. The molecular weight excluding hydrogens is 408 g/mol. The normalized spacial score (nSPS) is 14.3. The van der Waals surface area contributed by atoms with Gasteiger partial charge >= 0.3 is 0 Å². The molecule has 0 saturated carbocycles. The van der Waals surface area contributed by atoms with Crippen LogP contribution >= 0.6 is 0 Å². The zero-order valence-electron chi connectivity index (χ0n) is 20.1. The highest BCUT2D eigenvalue weighted by molar-refractivity contribution is 6.46. The Labute approximate surface area is 195 Å². The van der Waals surface area contributed by atoms with Crippen LogP contribution in [0.4, 0.5) is 11.4 Å². The number of amides is 2. The topological polar surface area (TPSA) is 49.4 Å². The fourth-order valence-corrected chi connectivity index (χ4v) is 4.15. The Morgan fingerprint density at radius 3 is 1.82 bits per heavy atom. The van der Waals surface area contributed by atoms with Crippen molar-refractivity contribution in [2.45, 2.75) is 47.0 Å². The van der Waals surface area contributed by atoms with Crippen molar-refractivity contribution in [3.8, 4) is 0 Å². The molecule has 33 heavy (non-hydrogen) atoms. The van der Waals surface area contributed by atoms with Gasteiger partial charge in [-0.2, -0.15) is 0 Å². The molecule has 2 amide bonds. The quantitative estimate of drug-likeness (QED) is 0.486. The molecule has 1 aliphatic heterocycles. The van der Waals surface area contributed by atoms with E-state index in [4.69, 9.17) is 0 Å². The predicted octanol–water partition coefficient (Wildman–Crippen LogP) is 6.31. The zero-order chi connectivity index (χ0) is 23.9. The summed E-state index contributed by atoms with van der Waals surface area (Å²) < 4.78 is 0. The molecule has 168 valence electrons. The maximum absolute atomic E-state index is 13.6. The van der Waals surface area contributed by atoms with Gasteiger partial charge < -0.3 is 5.32 Å². The third-order valence-electron chi connectivity index (χ3n) is 5.91. The van der Waals surface area contributed by atoms with Gasteiger partial charge in [0.2, 0.25) is 0 Å². The van der Waals surface area contributed by atoms with Crippen LogP contribution in [0.3, 0.4) is 0 Å². The molecule has 0 spiro atoms. The molecule has 3 aromatic rings. The van der Waals surface area contributed by atoms with E-state index in [9.17, 15) is 9.59 Å². The van der Waals surface area contributed by atoms with Crippen LogP contribution in [-0.4, -0.2) is 11.8 Å². The number of benzene rings is 3. The van der Waals surface area contributed by atoms with Gasteiger partial charge in [0.25, 0.3) is 11.8 Å². The number of nitrogens with zero attached hydrogens (tertiary/aromatic N) is 1. The van der Waals surface area contributed by atoms with Crippen molar-refractivity contribution < 1.29 is 9.59 Å². The highest BCUT2D eigenvalue weighted by Gasteiger charge is 2.40. The summed E-state index contributed by atoms with van der Waals surface area (Å²) in [6.07, 6.45) is 0. The highest BCUT2D eigenvalue weighted by Crippen LogP contribution is 2.35. The molecule has 1 N–H and O–H groups in total. The molecule has 1 heterocycles. The molecule has 0 fully saturated rings. The second kappa shape index (κ2) is 8.36. The number of anilines is 2. The van der Waals surface area contributed by atoms with E-state index < -0.39 is 0 Å². The van der Waals surface area contributed by atoms with Crippen LogP contribution in [0, 0.1) is 20.8 Å². The van der Waals surface area contributed by atoms with E-state index in [2.05, 4.69) is 38.2 Å². The summed E-state index contributed by atoms with van der Waals surface area (Å²) in [5, 5.41) is 3.26. The van der Waals surface area contributed by atoms with Crippen molar-refractivity contribution in [3.05, 3.63) is 100 Å². The Balaban J connectivity index is 1.79. The lowest BCUT2D eigenvalue weighted by Gasteiger charge is -2.19. The van der Waals surface area contributed by atoms with Gasteiger partial charge in [-0.05, 0) is 72.7 Å². The molecule has 1 aliphatic rings. The molecule has 0 saturated heterocycles. The van der Waals surface area contributed by atoms with Crippen LogP contribution in [0.25, 0.3) is 5.57 Å². The van der Waals surface area contributed by atoms with Gasteiger partial charge in [0.15, 0.2) is 0 Å². The van der Waals surface area contributed by atoms with Gasteiger partial charge in [0, 0.05) is 5.69 Å². The van der Waals surface area contributed by atoms with E-state index in [0.29, 0.717) is 17.0 Å². The third-order valence-corrected chi connectivity index (χ3v) is 5.91. The molecule has 0 atom stereocenters. The summed E-state index contributed by atoms with van der Waals surface area (Å²) in [7, 11) is 0. The molecule has 0 aromatic heterocycles. The number of imide groups is 1. The summed E-state index contributed by atoms with van der Waals surface area (Å²) >= 11 is 0. The Morgan fingerprint density at radius 1 is 0.697 bits per heavy atom. The fourth-order valence-electron chi connectivity index (χ4n) is 4.15. The highest BCUT2D eigenvalue weighted by atomic mass is 16.2. The number of nitrogens with one attached hydrogen (secondary N) is 1. The molecule has 0 unspecified atom stereocenters. The molecule has 0 radical (unpaired) electrons. The van der Waals surface area contributed by atoms with Crippen molar-refractivity contribution in [3.63, 3.8) is 0 Å². The lowest BCUT2D eigenvalue weighted by Crippen LogP contribution is -2.32. The maximum atomic E-state index is 13.6. The first-order chi connectivity index (χ1) is 15.5. The molecule has 4 nitrogen and oxygen atoms in total. The molecule has 4 rings (SSSR count). The minimum atomic E-state index is -0.347. The number of carbonyl (C=O) groups is 2. The number of aryl methyl sites for hydroxylation is 3. The van der Waals surface area contributed by atoms with E-state index >= 15 is 0 Å². The van der Waals surface area contributed by atoms with Crippen molar-refractivity contribution in [2.24, 2.45) is 0 Å². The SMILES string of the molecule is Cc1ccc(C2=C(Nc3ccc(C(C)(C)C)cc3)C(=O)N(c3cc(C)cc(C)c3)C2=O)cc1. The summed E-state index contributed by atoms with van der Waals surface area (Å²) in [4.78, 5) is 28.5. The number of carbonyl (C=O) groups excluding carboxylic acids is 2. The second-order valence-corrected chi connectivity index (χ2v) is 9.86. The minimum Gasteiger partial charge on any atom is -0.350 e. The van der Waals surface area contributed by atoms with Gasteiger partial charge in [-0.15, -0.1) is 0 Å². The number of hydrogen-bond donors (Lipinski definition) is 1. The minimum absolute atomic E-state index is 0.0316. The van der Waals surface area contributed by atoms with E-state index in [1.54, 1.807) is 0 Å². The Morgan fingerprint density at radius 2 is 1.27 bits per heavy atom. The van der Waals surface area contributed by atoms with Crippen LogP contribution in [0.1, 0.15) is 48.6 Å². The molecule has 0 bridgehead atoms. The fraction of sp³-hybridized carbons (Fsp3) is 0.241. The lowest BCUT2D eigenvalue weighted by atomic mass is 9.87. The Kier molecular flexibility index (Phi) is 5.71. The van der Waals surface area contributed by atoms with E-state index in [0.717, 1.165) is 27.9 Å². The molecule has 0 aliphatic carbocycles. The summed E-state index contributed by atoms with van der Waals surface area (Å²) in [6, 6.07) is 21.5. The Bertz CT molecular complexity index is 1240. The first kappa shape index (κ1) is 22.5. The van der Waals surface area contributed by atoms with Crippen molar-refractivity contribution >= 4 is 28.8 Å². The lowest BCUT2D eigenvalue weighted by molar-refractivity contribution is -0.120. The van der Waals surface area contributed by atoms with Crippen molar-refractivity contribution in [2.75, 3.05) is 10.2 Å². The van der Waals surface area contributed by atoms with Crippen molar-refractivity contribution in [1.82, 2.24) is 0 Å². The monoisotopic (exact) mass is 438 g/mol. The zero-order valence-corrected chi connectivity index (χ0v) is 20.1. The number of rotatable bonds is 4. The predicted molar refractivity (Wildman–Crippen MR) is 135 cm³/mol. The van der Waals surface area contributed by atoms with Crippen molar-refractivity contribution in [1.29, 1.82) is 0 Å². The first-order valence-electron chi connectivity index (χ1n) is 11.2. The van der Waals surface area contributed by atoms with E-state index in [-0.39, 0.29) is 17.2 Å². The molecule has 4 heteroatoms. The molecule has 3 aromatic carbocycles. The van der Waals surface area contributed by atoms with Crippen LogP contribution in [0.2, 0.25) is 0 Å². The van der Waals surface area contributed by atoms with Gasteiger partial charge in [-0.3, -0.25) is 9.59 Å². The van der Waals surface area contributed by atoms with Gasteiger partial charge in [0.1, 0.15) is 5.70 Å². The molecular formula is C29H30N2O2.